The lowest BCUT2D eigenvalue weighted by Gasteiger charge is -2.36. The number of carbonyl (C=O) groups excluding carboxylic acids is 1. The summed E-state index contributed by atoms with van der Waals surface area (Å²) < 4.78 is 27.8. The summed E-state index contributed by atoms with van der Waals surface area (Å²) in [5.74, 6) is 0.586. The monoisotopic (exact) mass is 644 g/mol. The Morgan fingerprint density at radius 2 is 1.60 bits per heavy atom. The van der Waals surface area contributed by atoms with Gasteiger partial charge in [-0.05, 0) is 48.5 Å². The first-order chi connectivity index (χ1) is 22.9. The van der Waals surface area contributed by atoms with Crippen molar-refractivity contribution in [2.75, 3.05) is 83.6 Å². The number of piperazine rings is 1. The Morgan fingerprint density at radius 1 is 0.894 bits per heavy atom. The zero-order chi connectivity index (χ0) is 32.9. The first-order valence-corrected chi connectivity index (χ1v) is 15.7. The van der Waals surface area contributed by atoms with E-state index in [-0.39, 0.29) is 12.2 Å². The number of methoxy groups -OCH3 is 3. The third-order valence-corrected chi connectivity index (χ3v) is 8.82. The van der Waals surface area contributed by atoms with Gasteiger partial charge in [-0.3, -0.25) is 14.5 Å². The summed E-state index contributed by atoms with van der Waals surface area (Å²) in [7, 11) is 4.55. The van der Waals surface area contributed by atoms with Gasteiger partial charge in [0.05, 0.1) is 58.9 Å². The molecule has 0 spiro atoms. The number of benzene rings is 2. The van der Waals surface area contributed by atoms with Crippen LogP contribution in [-0.4, -0.2) is 94.8 Å². The van der Waals surface area contributed by atoms with Crippen LogP contribution >= 0.6 is 0 Å². The van der Waals surface area contributed by atoms with Gasteiger partial charge in [0.2, 0.25) is 11.2 Å². The molecule has 4 heterocycles. The van der Waals surface area contributed by atoms with E-state index in [4.69, 9.17) is 28.3 Å². The number of carbonyl (C=O) groups is 1. The van der Waals surface area contributed by atoms with Crippen molar-refractivity contribution in [1.82, 2.24) is 9.88 Å². The fraction of sp³-hybridized carbons (Fsp3) is 0.400. The number of ether oxygens (including phenoxy) is 4. The maximum absolute atomic E-state index is 13.2. The van der Waals surface area contributed by atoms with Crippen molar-refractivity contribution in [3.05, 3.63) is 81.9 Å². The third kappa shape index (κ3) is 7.13. The SMILES string of the molecule is COC(=O)CC(c1cc2cc(OC)ccc2nc1N1CCOCC1)c1oc(CN2CCN(c3ccc(OC)cc3)CC2)cc(=O)c1O. The van der Waals surface area contributed by atoms with Crippen LogP contribution < -0.4 is 24.7 Å². The highest BCUT2D eigenvalue weighted by atomic mass is 16.5. The second-order valence-corrected chi connectivity index (χ2v) is 11.6. The molecule has 0 radical (unpaired) electrons. The third-order valence-electron chi connectivity index (χ3n) is 8.82. The van der Waals surface area contributed by atoms with Crippen LogP contribution in [0.2, 0.25) is 0 Å². The Balaban J connectivity index is 1.34. The Hall–Kier alpha value is -4.81. The van der Waals surface area contributed by atoms with Crippen LogP contribution in [0.15, 0.2) is 63.8 Å². The molecular weight excluding hydrogens is 604 g/mol. The minimum Gasteiger partial charge on any atom is -0.502 e. The summed E-state index contributed by atoms with van der Waals surface area (Å²) in [5.41, 5.74) is 1.91. The molecular formula is C35H40N4O8. The van der Waals surface area contributed by atoms with Crippen LogP contribution in [0.5, 0.6) is 17.2 Å². The van der Waals surface area contributed by atoms with Gasteiger partial charge in [0.25, 0.3) is 0 Å². The van der Waals surface area contributed by atoms with Crippen molar-refractivity contribution in [3.63, 3.8) is 0 Å². The van der Waals surface area contributed by atoms with Crippen LogP contribution in [0.4, 0.5) is 11.5 Å². The van der Waals surface area contributed by atoms with Gasteiger partial charge in [-0.1, -0.05) is 0 Å². The number of aromatic nitrogens is 1. The van der Waals surface area contributed by atoms with Gasteiger partial charge in [-0.15, -0.1) is 0 Å². The van der Waals surface area contributed by atoms with Crippen LogP contribution in [0, 0.1) is 0 Å². The van der Waals surface area contributed by atoms with E-state index >= 15 is 0 Å². The molecule has 2 aromatic carbocycles. The Kier molecular flexibility index (Phi) is 9.79. The molecule has 2 aromatic heterocycles. The number of aromatic hydroxyl groups is 1. The molecule has 12 nitrogen and oxygen atoms in total. The van der Waals surface area contributed by atoms with E-state index in [9.17, 15) is 14.7 Å². The highest BCUT2D eigenvalue weighted by molar-refractivity contribution is 5.84. The molecule has 2 aliphatic heterocycles. The average Bonchev–Trinajstić information content (AvgIpc) is 3.12. The summed E-state index contributed by atoms with van der Waals surface area (Å²) in [5, 5.41) is 12.0. The largest absolute Gasteiger partial charge is 0.502 e. The van der Waals surface area contributed by atoms with Gasteiger partial charge in [0, 0.05) is 62.0 Å². The molecule has 12 heteroatoms. The summed E-state index contributed by atoms with van der Waals surface area (Å²) in [6.45, 7) is 5.66. The van der Waals surface area contributed by atoms with E-state index in [0.29, 0.717) is 55.7 Å². The first-order valence-electron chi connectivity index (χ1n) is 15.7. The van der Waals surface area contributed by atoms with E-state index in [2.05, 4.69) is 14.7 Å². The first kappa shape index (κ1) is 32.1. The molecule has 248 valence electrons. The molecule has 1 unspecified atom stereocenters. The molecule has 0 aliphatic carbocycles. The maximum atomic E-state index is 13.2. The number of pyridine rings is 1. The maximum Gasteiger partial charge on any atom is 0.306 e. The zero-order valence-electron chi connectivity index (χ0n) is 26.9. The number of fused-ring (bicyclic) bond motifs is 1. The molecule has 6 rings (SSSR count). The van der Waals surface area contributed by atoms with Gasteiger partial charge in [-0.25, -0.2) is 4.98 Å². The van der Waals surface area contributed by atoms with Gasteiger partial charge >= 0.3 is 5.97 Å². The van der Waals surface area contributed by atoms with Crippen LogP contribution in [0.25, 0.3) is 10.9 Å². The normalized spacial score (nSPS) is 16.2. The van der Waals surface area contributed by atoms with Crippen molar-refractivity contribution in [2.45, 2.75) is 18.9 Å². The molecule has 4 aromatic rings. The van der Waals surface area contributed by atoms with Crippen molar-refractivity contribution in [2.24, 2.45) is 0 Å². The highest BCUT2D eigenvalue weighted by Gasteiger charge is 2.32. The molecule has 2 fully saturated rings. The molecule has 0 bridgehead atoms. The van der Waals surface area contributed by atoms with Gasteiger partial charge < -0.3 is 38.3 Å². The minimum absolute atomic E-state index is 0.00771. The Morgan fingerprint density at radius 3 is 2.28 bits per heavy atom. The minimum atomic E-state index is -0.858. The number of hydrogen-bond donors (Lipinski definition) is 1. The smallest absolute Gasteiger partial charge is 0.306 e. The number of nitrogens with zero attached hydrogens (tertiary/aromatic N) is 4. The second kappa shape index (κ2) is 14.3. The Bertz CT molecular complexity index is 1760. The van der Waals surface area contributed by atoms with E-state index < -0.39 is 23.1 Å². The predicted molar refractivity (Wildman–Crippen MR) is 177 cm³/mol. The quantitative estimate of drug-likeness (QED) is 0.253. The van der Waals surface area contributed by atoms with Gasteiger partial charge in [-0.2, -0.15) is 0 Å². The Labute approximate surface area is 273 Å². The second-order valence-electron chi connectivity index (χ2n) is 11.6. The lowest BCUT2D eigenvalue weighted by atomic mass is 9.91. The predicted octanol–water partition coefficient (Wildman–Crippen LogP) is 3.76. The lowest BCUT2D eigenvalue weighted by Crippen LogP contribution is -2.46. The molecule has 1 atom stereocenters. The summed E-state index contributed by atoms with van der Waals surface area (Å²) >= 11 is 0. The molecule has 0 saturated carbocycles. The summed E-state index contributed by atoms with van der Waals surface area (Å²) in [6.07, 6.45) is -0.175. The van der Waals surface area contributed by atoms with E-state index in [1.54, 1.807) is 14.2 Å². The molecule has 1 N–H and O–H groups in total. The van der Waals surface area contributed by atoms with Gasteiger partial charge in [0.15, 0.2) is 5.76 Å². The van der Waals surface area contributed by atoms with Crippen molar-refractivity contribution >= 4 is 28.4 Å². The number of esters is 1. The van der Waals surface area contributed by atoms with Crippen molar-refractivity contribution in [1.29, 1.82) is 0 Å². The van der Waals surface area contributed by atoms with Crippen LogP contribution in [-0.2, 0) is 20.8 Å². The molecule has 2 aliphatic rings. The zero-order valence-corrected chi connectivity index (χ0v) is 26.9. The standard InChI is InChI=1S/C35H40N4O8/c1-43-25-6-4-24(5-7-25)38-12-10-37(11-13-38)22-27-20-31(40)33(42)34(47-27)28(21-32(41)45-3)29-19-23-18-26(44-2)8-9-30(23)36-35(29)39-14-16-46-17-15-39/h4-9,18-20,28,42H,10-17,21-22H2,1-3H3. The average molecular weight is 645 g/mol. The fourth-order valence-corrected chi connectivity index (χ4v) is 6.21. The van der Waals surface area contributed by atoms with Crippen LogP contribution in [0.3, 0.4) is 0 Å². The fourth-order valence-electron chi connectivity index (χ4n) is 6.21. The van der Waals surface area contributed by atoms with Gasteiger partial charge in [0.1, 0.15) is 23.1 Å². The number of hydrogen-bond acceptors (Lipinski definition) is 12. The van der Waals surface area contributed by atoms with E-state index in [0.717, 1.165) is 48.5 Å². The van der Waals surface area contributed by atoms with Crippen molar-refractivity contribution in [3.8, 4) is 17.2 Å². The lowest BCUT2D eigenvalue weighted by molar-refractivity contribution is -0.140. The summed E-state index contributed by atoms with van der Waals surface area (Å²) in [6, 6.07) is 16.8. The number of rotatable bonds is 10. The van der Waals surface area contributed by atoms with Crippen molar-refractivity contribution < 1.29 is 33.3 Å². The number of anilines is 2. The molecule has 0 amide bonds. The molecule has 2 saturated heterocycles. The van der Waals surface area contributed by atoms with E-state index in [1.807, 2.05) is 48.5 Å². The highest BCUT2D eigenvalue weighted by Crippen LogP contribution is 2.40. The summed E-state index contributed by atoms with van der Waals surface area (Å²) in [4.78, 5) is 37.7. The molecule has 47 heavy (non-hydrogen) atoms. The van der Waals surface area contributed by atoms with Crippen LogP contribution in [0.1, 0.15) is 29.4 Å². The van der Waals surface area contributed by atoms with E-state index in [1.165, 1.54) is 13.2 Å². The number of morpholine rings is 1. The topological polar surface area (TPSA) is 127 Å².